The molecule has 1 nitrogen and oxygen atoms in total. The van der Waals surface area contributed by atoms with Gasteiger partial charge in [0.1, 0.15) is 0 Å². The molecule has 0 aliphatic heterocycles. The van der Waals surface area contributed by atoms with Crippen LogP contribution in [0.15, 0.2) is 0 Å². The highest BCUT2D eigenvalue weighted by atomic mass is 14.9. The molecule has 0 aromatic rings. The first kappa shape index (κ1) is 15.5. The average molecular weight is 223 g/mol. The fraction of sp³-hybridized carbons (Fsp3) is 0.867. The molecule has 1 N–H and O–H groups in total. The van der Waals surface area contributed by atoms with Crippen LogP contribution in [-0.4, -0.2) is 12.6 Å². The third kappa shape index (κ3) is 10.1. The maximum absolute atomic E-state index is 5.23. The van der Waals surface area contributed by atoms with Crippen molar-refractivity contribution in [2.75, 3.05) is 6.54 Å². The minimum atomic E-state index is 0.686. The zero-order chi connectivity index (χ0) is 12.4. The monoisotopic (exact) mass is 223 g/mol. The van der Waals surface area contributed by atoms with Gasteiger partial charge >= 0.3 is 0 Å². The van der Waals surface area contributed by atoms with Gasteiger partial charge in [0.15, 0.2) is 0 Å². The normalized spacial score (nSPS) is 11.4. The predicted molar refractivity (Wildman–Crippen MR) is 73.4 cm³/mol. The van der Waals surface area contributed by atoms with E-state index in [1.165, 1.54) is 19.3 Å². The van der Waals surface area contributed by atoms with Crippen molar-refractivity contribution in [1.82, 2.24) is 5.32 Å². The Bertz CT molecular complexity index is 178. The Hall–Kier alpha value is -0.480. The van der Waals surface area contributed by atoms with E-state index in [0.29, 0.717) is 6.04 Å². The van der Waals surface area contributed by atoms with Gasteiger partial charge in [-0.1, -0.05) is 27.7 Å². The molecule has 0 heterocycles. The van der Waals surface area contributed by atoms with Gasteiger partial charge in [0.25, 0.3) is 0 Å². The summed E-state index contributed by atoms with van der Waals surface area (Å²) >= 11 is 0. The van der Waals surface area contributed by atoms with Crippen LogP contribution in [0.5, 0.6) is 0 Å². The summed E-state index contributed by atoms with van der Waals surface area (Å²) in [6.45, 7) is 10.3. The van der Waals surface area contributed by atoms with Crippen molar-refractivity contribution in [3.63, 3.8) is 0 Å². The minimum Gasteiger partial charge on any atom is -0.314 e. The third-order valence-corrected chi connectivity index (χ3v) is 2.69. The van der Waals surface area contributed by atoms with E-state index in [1.807, 2.05) is 0 Å². The largest absolute Gasteiger partial charge is 0.314 e. The molecule has 0 aromatic carbocycles. The molecule has 0 saturated carbocycles. The van der Waals surface area contributed by atoms with Crippen molar-refractivity contribution < 1.29 is 0 Å². The van der Waals surface area contributed by atoms with Gasteiger partial charge in [-0.25, -0.2) is 0 Å². The highest BCUT2D eigenvalue weighted by Gasteiger charge is 2.11. The molecular weight excluding hydrogens is 194 g/mol. The van der Waals surface area contributed by atoms with Crippen molar-refractivity contribution in [3.8, 4) is 12.3 Å². The second-order valence-electron chi connectivity index (χ2n) is 5.57. The van der Waals surface area contributed by atoms with E-state index < -0.39 is 0 Å². The van der Waals surface area contributed by atoms with Crippen LogP contribution in [0.1, 0.15) is 59.8 Å². The standard InChI is InChI=1S/C15H29N/c1-6-7-8-9-10-16-15(11-13(2)3)12-14(4)5/h1,13-16H,7-12H2,2-5H3. The zero-order valence-electron chi connectivity index (χ0n) is 11.6. The lowest BCUT2D eigenvalue weighted by atomic mass is 9.95. The van der Waals surface area contributed by atoms with Crippen LogP contribution < -0.4 is 5.32 Å². The lowest BCUT2D eigenvalue weighted by molar-refractivity contribution is 0.357. The average Bonchev–Trinajstić information content (AvgIpc) is 2.15. The van der Waals surface area contributed by atoms with Gasteiger partial charge in [0.05, 0.1) is 0 Å². The SMILES string of the molecule is C#CCCCCNC(CC(C)C)CC(C)C. The highest BCUT2D eigenvalue weighted by Crippen LogP contribution is 2.13. The fourth-order valence-electron chi connectivity index (χ4n) is 2.06. The van der Waals surface area contributed by atoms with Crippen molar-refractivity contribution >= 4 is 0 Å². The number of hydrogen-bond donors (Lipinski definition) is 1. The maximum Gasteiger partial charge on any atom is 0.00865 e. The number of nitrogens with one attached hydrogen (secondary N) is 1. The van der Waals surface area contributed by atoms with Crippen molar-refractivity contribution in [2.24, 2.45) is 11.8 Å². The quantitative estimate of drug-likeness (QED) is 0.462. The molecule has 0 aliphatic rings. The smallest absolute Gasteiger partial charge is 0.00865 e. The van der Waals surface area contributed by atoms with Gasteiger partial charge in [-0.05, 0) is 44.1 Å². The maximum atomic E-state index is 5.23. The van der Waals surface area contributed by atoms with E-state index >= 15 is 0 Å². The Labute approximate surface area is 102 Å². The zero-order valence-corrected chi connectivity index (χ0v) is 11.6. The van der Waals surface area contributed by atoms with Crippen molar-refractivity contribution in [1.29, 1.82) is 0 Å². The summed E-state index contributed by atoms with van der Waals surface area (Å²) in [6.07, 6.45) is 11.1. The van der Waals surface area contributed by atoms with Gasteiger partial charge in [-0.15, -0.1) is 12.3 Å². The second kappa shape index (κ2) is 9.73. The molecule has 0 saturated heterocycles. The first-order valence-corrected chi connectivity index (χ1v) is 6.73. The molecule has 0 fully saturated rings. The summed E-state index contributed by atoms with van der Waals surface area (Å²) in [6, 6.07) is 0.686. The molecule has 1 heteroatoms. The van der Waals surface area contributed by atoms with Gasteiger partial charge in [0.2, 0.25) is 0 Å². The molecule has 94 valence electrons. The van der Waals surface area contributed by atoms with Crippen LogP contribution >= 0.6 is 0 Å². The Morgan fingerprint density at radius 2 is 1.56 bits per heavy atom. The Kier molecular flexibility index (Phi) is 9.43. The molecule has 0 bridgehead atoms. The van der Waals surface area contributed by atoms with Crippen LogP contribution in [0.4, 0.5) is 0 Å². The van der Waals surface area contributed by atoms with Crippen molar-refractivity contribution in [2.45, 2.75) is 65.8 Å². The number of terminal acetylenes is 1. The lowest BCUT2D eigenvalue weighted by Crippen LogP contribution is -2.32. The molecule has 0 amide bonds. The fourth-order valence-corrected chi connectivity index (χ4v) is 2.06. The molecule has 0 rings (SSSR count). The topological polar surface area (TPSA) is 12.0 Å². The summed E-state index contributed by atoms with van der Waals surface area (Å²) in [5.41, 5.74) is 0. The van der Waals surface area contributed by atoms with E-state index in [2.05, 4.69) is 38.9 Å². The number of hydrogen-bond acceptors (Lipinski definition) is 1. The number of rotatable bonds is 9. The van der Waals surface area contributed by atoms with Gasteiger partial charge in [0, 0.05) is 12.5 Å². The van der Waals surface area contributed by atoms with E-state index in [0.717, 1.165) is 31.2 Å². The van der Waals surface area contributed by atoms with E-state index in [9.17, 15) is 0 Å². The summed E-state index contributed by atoms with van der Waals surface area (Å²) in [4.78, 5) is 0. The van der Waals surface area contributed by atoms with Gasteiger partial charge in [-0.3, -0.25) is 0 Å². The van der Waals surface area contributed by atoms with Crippen LogP contribution in [0.2, 0.25) is 0 Å². The molecule has 0 radical (unpaired) electrons. The first-order valence-electron chi connectivity index (χ1n) is 6.73. The second-order valence-corrected chi connectivity index (χ2v) is 5.57. The molecule has 0 spiro atoms. The van der Waals surface area contributed by atoms with Crippen LogP contribution in [0, 0.1) is 24.2 Å². The Morgan fingerprint density at radius 3 is 2.00 bits per heavy atom. The number of unbranched alkanes of at least 4 members (excludes halogenated alkanes) is 2. The van der Waals surface area contributed by atoms with Crippen LogP contribution in [-0.2, 0) is 0 Å². The van der Waals surface area contributed by atoms with E-state index in [-0.39, 0.29) is 0 Å². The first-order chi connectivity index (χ1) is 7.56. The minimum absolute atomic E-state index is 0.686. The van der Waals surface area contributed by atoms with Gasteiger partial charge < -0.3 is 5.32 Å². The lowest BCUT2D eigenvalue weighted by Gasteiger charge is -2.22. The Morgan fingerprint density at radius 1 is 1.00 bits per heavy atom. The molecule has 0 unspecified atom stereocenters. The van der Waals surface area contributed by atoms with Crippen molar-refractivity contribution in [3.05, 3.63) is 0 Å². The van der Waals surface area contributed by atoms with Crippen LogP contribution in [0.25, 0.3) is 0 Å². The third-order valence-electron chi connectivity index (χ3n) is 2.69. The summed E-state index contributed by atoms with van der Waals surface area (Å²) in [5.74, 6) is 4.25. The molecular formula is C15H29N. The van der Waals surface area contributed by atoms with Gasteiger partial charge in [-0.2, -0.15) is 0 Å². The predicted octanol–water partition coefficient (Wildman–Crippen LogP) is 3.84. The summed E-state index contributed by atoms with van der Waals surface area (Å²) < 4.78 is 0. The molecule has 0 aromatic heterocycles. The van der Waals surface area contributed by atoms with E-state index in [1.54, 1.807) is 0 Å². The van der Waals surface area contributed by atoms with Crippen LogP contribution in [0.3, 0.4) is 0 Å². The summed E-state index contributed by atoms with van der Waals surface area (Å²) in [7, 11) is 0. The molecule has 16 heavy (non-hydrogen) atoms. The van der Waals surface area contributed by atoms with E-state index in [4.69, 9.17) is 6.42 Å². The molecule has 0 atom stereocenters. The summed E-state index contributed by atoms with van der Waals surface area (Å²) in [5, 5.41) is 3.67. The molecule has 0 aliphatic carbocycles. The highest BCUT2D eigenvalue weighted by molar-refractivity contribution is 4.83. The Balaban J connectivity index is 3.70.